The number of fused-ring (bicyclic) bond motifs is 4. The molecule has 0 N–H and O–H groups in total. The Morgan fingerprint density at radius 2 is 2.03 bits per heavy atom. The Hall–Kier alpha value is -2.63. The van der Waals surface area contributed by atoms with Crippen molar-refractivity contribution in [1.82, 2.24) is 9.88 Å². The van der Waals surface area contributed by atoms with E-state index >= 15 is 0 Å². The fraction of sp³-hybridized carbons (Fsp3) is 0.407. The third-order valence-corrected chi connectivity index (χ3v) is 7.66. The number of hydrogen-bond acceptors (Lipinski definition) is 5. The van der Waals surface area contributed by atoms with Gasteiger partial charge in [-0.15, -0.1) is 0 Å². The molecule has 33 heavy (non-hydrogen) atoms. The van der Waals surface area contributed by atoms with Crippen molar-refractivity contribution in [2.75, 3.05) is 20.2 Å². The molecule has 0 amide bonds. The molecule has 172 valence electrons. The molecule has 0 saturated carbocycles. The number of methoxy groups -OCH3 is 1. The summed E-state index contributed by atoms with van der Waals surface area (Å²) in [6.07, 6.45) is 4.85. The SMILES string of the molecule is CC[C@H]1CN2CC[C@H]1CC2[C@H](OC(=O)c1ccc(Cl)cc1)c1ccnc2ccc(OC)cc12. The number of carbonyl (C=O) groups excluding carboxylic acids is 1. The van der Waals surface area contributed by atoms with Gasteiger partial charge in [0.25, 0.3) is 0 Å². The highest BCUT2D eigenvalue weighted by Crippen LogP contribution is 2.44. The third-order valence-electron chi connectivity index (χ3n) is 7.41. The molecule has 0 spiro atoms. The predicted octanol–water partition coefficient (Wildman–Crippen LogP) is 5.92. The van der Waals surface area contributed by atoms with Crippen molar-refractivity contribution in [3.63, 3.8) is 0 Å². The summed E-state index contributed by atoms with van der Waals surface area (Å²) in [5, 5.41) is 1.55. The summed E-state index contributed by atoms with van der Waals surface area (Å²) in [5.74, 6) is 1.82. The second kappa shape index (κ2) is 9.32. The van der Waals surface area contributed by atoms with Crippen LogP contribution < -0.4 is 4.74 Å². The largest absolute Gasteiger partial charge is 0.497 e. The highest BCUT2D eigenvalue weighted by atomic mass is 35.5. The number of aromatic nitrogens is 1. The van der Waals surface area contributed by atoms with Gasteiger partial charge in [0.15, 0.2) is 0 Å². The summed E-state index contributed by atoms with van der Waals surface area (Å²) in [5.41, 5.74) is 2.35. The van der Waals surface area contributed by atoms with Gasteiger partial charge in [-0.25, -0.2) is 4.79 Å². The minimum Gasteiger partial charge on any atom is -0.497 e. The summed E-state index contributed by atoms with van der Waals surface area (Å²) in [7, 11) is 1.66. The normalized spacial score (nSPS) is 25.1. The first kappa shape index (κ1) is 22.2. The van der Waals surface area contributed by atoms with Crippen LogP contribution in [0.3, 0.4) is 0 Å². The van der Waals surface area contributed by atoms with Crippen LogP contribution in [0.25, 0.3) is 10.9 Å². The van der Waals surface area contributed by atoms with Crippen molar-refractivity contribution in [1.29, 1.82) is 0 Å². The van der Waals surface area contributed by atoms with Crippen LogP contribution in [-0.4, -0.2) is 42.1 Å². The summed E-state index contributed by atoms with van der Waals surface area (Å²) >= 11 is 6.03. The Morgan fingerprint density at radius 1 is 1.21 bits per heavy atom. The zero-order chi connectivity index (χ0) is 22.9. The van der Waals surface area contributed by atoms with Gasteiger partial charge >= 0.3 is 5.97 Å². The maximum absolute atomic E-state index is 13.2. The van der Waals surface area contributed by atoms with Crippen LogP contribution in [0.4, 0.5) is 0 Å². The average molecular weight is 465 g/mol. The van der Waals surface area contributed by atoms with Crippen molar-refractivity contribution in [2.24, 2.45) is 11.8 Å². The maximum atomic E-state index is 13.2. The number of piperidine rings is 3. The van der Waals surface area contributed by atoms with Gasteiger partial charge in [0.1, 0.15) is 11.9 Å². The fourth-order valence-corrected chi connectivity index (χ4v) is 5.72. The Labute approximate surface area is 199 Å². The number of hydrogen-bond donors (Lipinski definition) is 0. The summed E-state index contributed by atoms with van der Waals surface area (Å²) in [4.78, 5) is 20.3. The number of pyridine rings is 1. The molecule has 0 aliphatic carbocycles. The molecule has 0 radical (unpaired) electrons. The molecule has 3 aromatic rings. The molecule has 1 aromatic heterocycles. The molecule has 5 atom stereocenters. The van der Waals surface area contributed by atoms with E-state index in [-0.39, 0.29) is 12.0 Å². The Kier molecular flexibility index (Phi) is 6.26. The van der Waals surface area contributed by atoms with Crippen molar-refractivity contribution in [2.45, 2.75) is 38.3 Å². The molecule has 3 aliphatic heterocycles. The van der Waals surface area contributed by atoms with E-state index in [2.05, 4.69) is 16.8 Å². The number of rotatable bonds is 6. The van der Waals surface area contributed by atoms with Crippen LogP contribution in [0.1, 0.15) is 48.2 Å². The van der Waals surface area contributed by atoms with Gasteiger partial charge in [0.2, 0.25) is 0 Å². The Morgan fingerprint density at radius 3 is 2.73 bits per heavy atom. The first-order valence-electron chi connectivity index (χ1n) is 11.7. The van der Waals surface area contributed by atoms with E-state index in [1.807, 2.05) is 24.3 Å². The van der Waals surface area contributed by atoms with Gasteiger partial charge in [0.05, 0.1) is 24.2 Å². The smallest absolute Gasteiger partial charge is 0.338 e. The Bertz CT molecular complexity index is 1150. The highest BCUT2D eigenvalue weighted by Gasteiger charge is 2.44. The van der Waals surface area contributed by atoms with Crippen molar-refractivity contribution < 1.29 is 14.3 Å². The van der Waals surface area contributed by atoms with E-state index in [1.165, 1.54) is 12.8 Å². The quantitative estimate of drug-likeness (QED) is 0.424. The van der Waals surface area contributed by atoms with E-state index in [0.29, 0.717) is 16.5 Å². The molecular formula is C27H29ClN2O3. The van der Waals surface area contributed by atoms with Crippen molar-refractivity contribution in [3.8, 4) is 5.75 Å². The zero-order valence-corrected chi connectivity index (χ0v) is 19.8. The van der Waals surface area contributed by atoms with Crippen molar-refractivity contribution >= 4 is 28.5 Å². The molecule has 6 rings (SSSR count). The fourth-order valence-electron chi connectivity index (χ4n) is 5.60. The number of nitrogens with zero attached hydrogens (tertiary/aromatic N) is 2. The highest BCUT2D eigenvalue weighted by molar-refractivity contribution is 6.30. The first-order chi connectivity index (χ1) is 16.1. The molecule has 4 heterocycles. The maximum Gasteiger partial charge on any atom is 0.338 e. The van der Waals surface area contributed by atoms with E-state index < -0.39 is 6.10 Å². The lowest BCUT2D eigenvalue weighted by Gasteiger charge is -2.51. The molecule has 5 nitrogen and oxygen atoms in total. The third kappa shape index (κ3) is 4.32. The lowest BCUT2D eigenvalue weighted by Crippen LogP contribution is -2.55. The number of benzene rings is 2. The summed E-state index contributed by atoms with van der Waals surface area (Å²) < 4.78 is 11.8. The van der Waals surface area contributed by atoms with Gasteiger partial charge in [-0.3, -0.25) is 9.88 Å². The molecule has 3 saturated heterocycles. The monoisotopic (exact) mass is 464 g/mol. The molecule has 6 heteroatoms. The molecule has 2 aromatic carbocycles. The predicted molar refractivity (Wildman–Crippen MR) is 130 cm³/mol. The van der Waals surface area contributed by atoms with Crippen LogP contribution in [0.2, 0.25) is 5.02 Å². The average Bonchev–Trinajstić information content (AvgIpc) is 2.87. The van der Waals surface area contributed by atoms with Crippen LogP contribution in [0.15, 0.2) is 54.7 Å². The van der Waals surface area contributed by atoms with Crippen LogP contribution in [0, 0.1) is 11.8 Å². The molecular weight excluding hydrogens is 436 g/mol. The van der Waals surface area contributed by atoms with Gasteiger partial charge in [0, 0.05) is 28.7 Å². The topological polar surface area (TPSA) is 51.7 Å². The standard InChI is InChI=1S/C27H29ClN2O3/c1-3-17-16-30-13-11-19(17)14-25(30)26(33-27(31)18-4-6-20(28)7-5-18)22-10-12-29-24-9-8-21(32-2)15-23(22)24/h4-10,12,15,17,19,25-26H,3,11,13-14,16H2,1-2H3/t17-,19-,25?,26+/m0/s1. The minimum atomic E-state index is -0.397. The molecule has 2 bridgehead atoms. The van der Waals surface area contributed by atoms with Gasteiger partial charge < -0.3 is 9.47 Å². The minimum absolute atomic E-state index is 0.139. The van der Waals surface area contributed by atoms with Crippen molar-refractivity contribution in [3.05, 3.63) is 70.9 Å². The second-order valence-electron chi connectivity index (χ2n) is 9.13. The summed E-state index contributed by atoms with van der Waals surface area (Å²) in [6.45, 7) is 4.39. The second-order valence-corrected chi connectivity index (χ2v) is 9.57. The first-order valence-corrected chi connectivity index (χ1v) is 12.1. The van der Waals surface area contributed by atoms with Crippen LogP contribution in [-0.2, 0) is 4.74 Å². The van der Waals surface area contributed by atoms with Gasteiger partial charge in [-0.1, -0.05) is 24.9 Å². The summed E-state index contributed by atoms with van der Waals surface area (Å²) in [6, 6.07) is 14.9. The molecule has 3 aliphatic rings. The van der Waals surface area contributed by atoms with Crippen LogP contribution in [0.5, 0.6) is 5.75 Å². The van der Waals surface area contributed by atoms with Gasteiger partial charge in [-0.2, -0.15) is 0 Å². The van der Waals surface area contributed by atoms with E-state index in [4.69, 9.17) is 21.1 Å². The molecule has 3 fully saturated rings. The lowest BCUT2D eigenvalue weighted by molar-refractivity contribution is -0.0659. The zero-order valence-electron chi connectivity index (χ0n) is 19.0. The molecule has 2 unspecified atom stereocenters. The van der Waals surface area contributed by atoms with Gasteiger partial charge in [-0.05, 0) is 79.8 Å². The Balaban J connectivity index is 1.55. The number of ether oxygens (including phenoxy) is 2. The number of carbonyl (C=O) groups is 1. The van der Waals surface area contributed by atoms with E-state index in [0.717, 1.165) is 47.6 Å². The lowest BCUT2D eigenvalue weighted by atomic mass is 9.72. The van der Waals surface area contributed by atoms with E-state index in [1.54, 1.807) is 37.6 Å². The van der Waals surface area contributed by atoms with E-state index in [9.17, 15) is 4.79 Å². The number of esters is 1. The number of halogens is 1. The van der Waals surface area contributed by atoms with Crippen LogP contribution >= 0.6 is 11.6 Å².